The second kappa shape index (κ2) is 3.91. The zero-order chi connectivity index (χ0) is 8.97. The van der Waals surface area contributed by atoms with E-state index in [0.29, 0.717) is 6.42 Å². The summed E-state index contributed by atoms with van der Waals surface area (Å²) in [5, 5.41) is 8.40. The molecule has 12 heavy (non-hydrogen) atoms. The molecule has 0 aliphatic heterocycles. The van der Waals surface area contributed by atoms with E-state index in [1.54, 1.807) is 0 Å². The summed E-state index contributed by atoms with van der Waals surface area (Å²) < 4.78 is 2.03. The second-order valence-corrected chi connectivity index (χ2v) is 2.73. The molecule has 1 aromatic heterocycles. The van der Waals surface area contributed by atoms with Gasteiger partial charge in [0, 0.05) is 12.7 Å². The fraction of sp³-hybridized carbons (Fsp3) is 0.556. The Morgan fingerprint density at radius 2 is 2.42 bits per heavy atom. The molecule has 0 saturated heterocycles. The van der Waals surface area contributed by atoms with Crippen LogP contribution >= 0.6 is 0 Å². The van der Waals surface area contributed by atoms with Crippen molar-refractivity contribution in [2.24, 2.45) is 0 Å². The quantitative estimate of drug-likeness (QED) is 0.680. The first-order valence-corrected chi connectivity index (χ1v) is 4.17. The van der Waals surface area contributed by atoms with Gasteiger partial charge in [-0.3, -0.25) is 0 Å². The molecule has 1 aromatic rings. The van der Waals surface area contributed by atoms with Crippen LogP contribution in [-0.4, -0.2) is 9.55 Å². The monoisotopic (exact) mass is 163 g/mol. The van der Waals surface area contributed by atoms with E-state index in [1.165, 1.54) is 0 Å². The highest BCUT2D eigenvalue weighted by atomic mass is 15.1. The third-order valence-electron chi connectivity index (χ3n) is 1.85. The van der Waals surface area contributed by atoms with Gasteiger partial charge < -0.3 is 4.57 Å². The maximum Gasteiger partial charge on any atom is 0.105 e. The van der Waals surface area contributed by atoms with Crippen molar-refractivity contribution in [1.29, 1.82) is 5.26 Å². The van der Waals surface area contributed by atoms with Crippen molar-refractivity contribution in [2.45, 2.75) is 33.2 Å². The molecule has 3 nitrogen and oxygen atoms in total. The Balaban J connectivity index is 2.72. The van der Waals surface area contributed by atoms with Gasteiger partial charge in [-0.2, -0.15) is 5.26 Å². The van der Waals surface area contributed by atoms with E-state index >= 15 is 0 Å². The summed E-state index contributed by atoms with van der Waals surface area (Å²) in [7, 11) is 0. The molecule has 64 valence electrons. The van der Waals surface area contributed by atoms with Crippen LogP contribution in [0.2, 0.25) is 0 Å². The average Bonchev–Trinajstić information content (AvgIpc) is 2.43. The first-order valence-electron chi connectivity index (χ1n) is 4.17. The summed E-state index contributed by atoms with van der Waals surface area (Å²) in [6.45, 7) is 4.81. The summed E-state index contributed by atoms with van der Waals surface area (Å²) in [5.41, 5.74) is 1.10. The van der Waals surface area contributed by atoms with E-state index in [-0.39, 0.29) is 0 Å². The second-order valence-electron chi connectivity index (χ2n) is 2.73. The molecule has 0 aliphatic carbocycles. The normalized spacial score (nSPS) is 9.75. The lowest BCUT2D eigenvalue weighted by Gasteiger charge is -1.98. The fourth-order valence-electron chi connectivity index (χ4n) is 1.14. The zero-order valence-corrected chi connectivity index (χ0v) is 7.54. The molecular weight excluding hydrogens is 150 g/mol. The molecule has 1 rings (SSSR count). The molecule has 0 N–H and O–H groups in total. The van der Waals surface area contributed by atoms with E-state index in [2.05, 4.69) is 18.0 Å². The van der Waals surface area contributed by atoms with Gasteiger partial charge in [0.25, 0.3) is 0 Å². The molecule has 1 heterocycles. The number of hydrogen-bond acceptors (Lipinski definition) is 2. The van der Waals surface area contributed by atoms with Gasteiger partial charge in [0.2, 0.25) is 0 Å². The van der Waals surface area contributed by atoms with Crippen LogP contribution in [0.5, 0.6) is 0 Å². The maximum absolute atomic E-state index is 8.40. The predicted octanol–water partition coefficient (Wildman–Crippen LogP) is 1.67. The van der Waals surface area contributed by atoms with Gasteiger partial charge in [-0.1, -0.05) is 6.92 Å². The Kier molecular flexibility index (Phi) is 2.87. The molecule has 0 fully saturated rings. The van der Waals surface area contributed by atoms with Crippen molar-refractivity contribution in [1.82, 2.24) is 9.55 Å². The van der Waals surface area contributed by atoms with Gasteiger partial charge in [-0.15, -0.1) is 0 Å². The number of imidazole rings is 1. The third-order valence-corrected chi connectivity index (χ3v) is 1.85. The Bertz CT molecular complexity index is 293. The van der Waals surface area contributed by atoms with Crippen LogP contribution in [0.4, 0.5) is 0 Å². The third kappa shape index (κ3) is 1.85. The minimum absolute atomic E-state index is 0.556. The van der Waals surface area contributed by atoms with E-state index in [9.17, 15) is 0 Å². The van der Waals surface area contributed by atoms with Gasteiger partial charge in [0.05, 0.1) is 18.2 Å². The summed E-state index contributed by atoms with van der Waals surface area (Å²) in [4.78, 5) is 4.34. The smallest absolute Gasteiger partial charge is 0.105 e. The summed E-state index contributed by atoms with van der Waals surface area (Å²) in [6.07, 6.45) is 3.54. The van der Waals surface area contributed by atoms with Crippen molar-refractivity contribution in [3.63, 3.8) is 0 Å². The first-order chi connectivity index (χ1) is 5.77. The van der Waals surface area contributed by atoms with Crippen molar-refractivity contribution in [2.75, 3.05) is 0 Å². The van der Waals surface area contributed by atoms with E-state index in [0.717, 1.165) is 24.5 Å². The fourth-order valence-corrected chi connectivity index (χ4v) is 1.14. The Labute approximate surface area is 72.7 Å². The molecule has 0 amide bonds. The molecule has 0 saturated carbocycles. The molecule has 0 bridgehead atoms. The molecule has 0 unspecified atom stereocenters. The summed E-state index contributed by atoms with van der Waals surface area (Å²) >= 11 is 0. The minimum Gasteiger partial charge on any atom is -0.334 e. The maximum atomic E-state index is 8.40. The zero-order valence-electron chi connectivity index (χ0n) is 7.54. The lowest BCUT2D eigenvalue weighted by atomic mass is 10.4. The SMILES string of the molecule is CCc1cn(CCC#N)c(C)n1. The Morgan fingerprint density at radius 3 is 2.92 bits per heavy atom. The average molecular weight is 163 g/mol. The van der Waals surface area contributed by atoms with E-state index < -0.39 is 0 Å². The van der Waals surface area contributed by atoms with Crippen LogP contribution in [0.15, 0.2) is 6.20 Å². The molecule has 0 aromatic carbocycles. The highest BCUT2D eigenvalue weighted by Gasteiger charge is 2.00. The van der Waals surface area contributed by atoms with Crippen LogP contribution in [-0.2, 0) is 13.0 Å². The Hall–Kier alpha value is -1.30. The minimum atomic E-state index is 0.556. The van der Waals surface area contributed by atoms with Crippen LogP contribution in [0.3, 0.4) is 0 Å². The number of aromatic nitrogens is 2. The lowest BCUT2D eigenvalue weighted by Crippen LogP contribution is -1.97. The largest absolute Gasteiger partial charge is 0.334 e. The Morgan fingerprint density at radius 1 is 1.67 bits per heavy atom. The van der Waals surface area contributed by atoms with Gasteiger partial charge >= 0.3 is 0 Å². The molecule has 0 atom stereocenters. The molecule has 0 spiro atoms. The number of nitrogens with zero attached hydrogens (tertiary/aromatic N) is 3. The molecular formula is C9H13N3. The van der Waals surface area contributed by atoms with Crippen molar-refractivity contribution in [3.8, 4) is 6.07 Å². The topological polar surface area (TPSA) is 41.6 Å². The molecule has 0 aliphatic rings. The standard InChI is InChI=1S/C9H13N3/c1-3-9-7-12(6-4-5-10)8(2)11-9/h7H,3-4,6H2,1-2H3. The van der Waals surface area contributed by atoms with Gasteiger partial charge in [-0.25, -0.2) is 4.98 Å². The number of hydrogen-bond donors (Lipinski definition) is 0. The van der Waals surface area contributed by atoms with Crippen LogP contribution < -0.4 is 0 Å². The highest BCUT2D eigenvalue weighted by Crippen LogP contribution is 2.03. The highest BCUT2D eigenvalue weighted by molar-refractivity contribution is 5.02. The lowest BCUT2D eigenvalue weighted by molar-refractivity contribution is 0.689. The van der Waals surface area contributed by atoms with Gasteiger partial charge in [0.15, 0.2) is 0 Å². The van der Waals surface area contributed by atoms with Crippen molar-refractivity contribution >= 4 is 0 Å². The van der Waals surface area contributed by atoms with Crippen molar-refractivity contribution in [3.05, 3.63) is 17.7 Å². The summed E-state index contributed by atoms with van der Waals surface area (Å²) in [5.74, 6) is 1.00. The predicted molar refractivity (Wildman–Crippen MR) is 46.6 cm³/mol. The van der Waals surface area contributed by atoms with E-state index in [1.807, 2.05) is 17.7 Å². The summed E-state index contributed by atoms with van der Waals surface area (Å²) in [6, 6.07) is 2.12. The molecule has 0 radical (unpaired) electrons. The van der Waals surface area contributed by atoms with Crippen LogP contribution in [0.25, 0.3) is 0 Å². The molecule has 3 heteroatoms. The van der Waals surface area contributed by atoms with Crippen LogP contribution in [0, 0.1) is 18.3 Å². The van der Waals surface area contributed by atoms with Crippen LogP contribution in [0.1, 0.15) is 24.9 Å². The first kappa shape index (κ1) is 8.79. The van der Waals surface area contributed by atoms with E-state index in [4.69, 9.17) is 5.26 Å². The van der Waals surface area contributed by atoms with Gasteiger partial charge in [0.1, 0.15) is 5.82 Å². The van der Waals surface area contributed by atoms with Crippen molar-refractivity contribution < 1.29 is 0 Å². The number of nitriles is 1. The number of aryl methyl sites for hydroxylation is 3. The number of rotatable bonds is 3. The van der Waals surface area contributed by atoms with Gasteiger partial charge in [-0.05, 0) is 13.3 Å².